The van der Waals surface area contributed by atoms with Gasteiger partial charge in [0.25, 0.3) is 0 Å². The van der Waals surface area contributed by atoms with E-state index in [1.54, 1.807) is 6.20 Å². The van der Waals surface area contributed by atoms with Gasteiger partial charge in [-0.2, -0.15) is 5.10 Å². The van der Waals surface area contributed by atoms with Gasteiger partial charge >= 0.3 is 0 Å². The Morgan fingerprint density at radius 3 is 2.89 bits per heavy atom. The molecule has 1 aromatic rings. The van der Waals surface area contributed by atoms with E-state index in [0.717, 1.165) is 10.1 Å². The Bertz CT molecular complexity index is 200. The molecule has 1 heterocycles. The van der Waals surface area contributed by atoms with Crippen LogP contribution in [0.25, 0.3) is 0 Å². The number of rotatable bonds is 1. The molecule has 48 valence electrons. The first kappa shape index (κ1) is 6.92. The lowest BCUT2D eigenvalue weighted by molar-refractivity contribution is 0.960. The van der Waals surface area contributed by atoms with Gasteiger partial charge in [-0.3, -0.25) is 0 Å². The van der Waals surface area contributed by atoms with Crippen LogP contribution in [0.4, 0.5) is 0 Å². The number of hydrogen-bond acceptors (Lipinski definition) is 2. The summed E-state index contributed by atoms with van der Waals surface area (Å²) in [6.07, 6.45) is 2.83. The summed E-state index contributed by atoms with van der Waals surface area (Å²) in [5.74, 6) is 0. The first-order valence-corrected chi connectivity index (χ1v) is 3.88. The molecule has 2 nitrogen and oxygen atoms in total. The van der Waals surface area contributed by atoms with E-state index in [4.69, 9.17) is 0 Å². The van der Waals surface area contributed by atoms with Gasteiger partial charge in [-0.25, -0.2) is 0 Å². The highest BCUT2D eigenvalue weighted by Gasteiger charge is 1.89. The molecular formula is C6H7IN2. The van der Waals surface area contributed by atoms with Gasteiger partial charge in [0.2, 0.25) is 0 Å². The fourth-order valence-electron chi connectivity index (χ4n) is 0.571. The molecule has 0 bridgehead atoms. The summed E-state index contributed by atoms with van der Waals surface area (Å²) in [5, 5.41) is 7.62. The molecule has 0 unspecified atom stereocenters. The van der Waals surface area contributed by atoms with E-state index in [9.17, 15) is 0 Å². The highest BCUT2D eigenvalue weighted by atomic mass is 127. The minimum atomic E-state index is 0.965. The predicted molar refractivity (Wildman–Crippen MR) is 44.1 cm³/mol. The first-order valence-electron chi connectivity index (χ1n) is 2.80. The molecule has 0 amide bonds. The van der Waals surface area contributed by atoms with Gasteiger partial charge in [0.1, 0.15) is 3.70 Å². The van der Waals surface area contributed by atoms with Crippen LogP contribution in [0.5, 0.6) is 0 Å². The maximum atomic E-state index is 3.82. The minimum Gasteiger partial charge on any atom is -0.158 e. The lowest BCUT2D eigenvalue weighted by Crippen LogP contribution is -1.88. The molecule has 0 fully saturated rings. The minimum absolute atomic E-state index is 0.965. The number of hydrogen-bond donors (Lipinski definition) is 0. The fraction of sp³-hybridized carbons (Fsp3) is 0.333. The maximum Gasteiger partial charge on any atom is 0.124 e. The van der Waals surface area contributed by atoms with Crippen molar-refractivity contribution in [3.8, 4) is 0 Å². The van der Waals surface area contributed by atoms with Gasteiger partial charge < -0.3 is 0 Å². The quantitative estimate of drug-likeness (QED) is 0.690. The van der Waals surface area contributed by atoms with Gasteiger partial charge in [0.05, 0.1) is 6.20 Å². The fourth-order valence-corrected chi connectivity index (χ4v) is 1.10. The van der Waals surface area contributed by atoms with Gasteiger partial charge in [0.15, 0.2) is 0 Å². The zero-order valence-corrected chi connectivity index (χ0v) is 7.29. The second-order valence-electron chi connectivity index (χ2n) is 1.74. The van der Waals surface area contributed by atoms with E-state index in [1.807, 2.05) is 6.07 Å². The highest BCUT2D eigenvalue weighted by molar-refractivity contribution is 14.1. The van der Waals surface area contributed by atoms with E-state index >= 15 is 0 Å². The molecule has 0 aliphatic carbocycles. The number of nitrogens with zero attached hydrogens (tertiary/aromatic N) is 2. The number of halogens is 1. The largest absolute Gasteiger partial charge is 0.158 e. The summed E-state index contributed by atoms with van der Waals surface area (Å²) in [6.45, 7) is 2.10. The van der Waals surface area contributed by atoms with Crippen molar-refractivity contribution in [2.45, 2.75) is 13.3 Å². The number of aryl methyl sites for hydroxylation is 1. The average Bonchev–Trinajstić information content (AvgIpc) is 1.88. The van der Waals surface area contributed by atoms with E-state index in [-0.39, 0.29) is 0 Å². The Morgan fingerprint density at radius 1 is 1.67 bits per heavy atom. The highest BCUT2D eigenvalue weighted by Crippen LogP contribution is 2.01. The zero-order valence-electron chi connectivity index (χ0n) is 5.13. The Hall–Kier alpha value is -0.190. The second kappa shape index (κ2) is 3.10. The molecule has 0 aliphatic rings. The van der Waals surface area contributed by atoms with Crippen molar-refractivity contribution in [2.24, 2.45) is 0 Å². The van der Waals surface area contributed by atoms with Crippen LogP contribution in [0.1, 0.15) is 12.5 Å². The molecule has 1 aromatic heterocycles. The van der Waals surface area contributed by atoms with Crippen LogP contribution in [0.3, 0.4) is 0 Å². The SMILES string of the molecule is CCc1cnnc(I)c1. The van der Waals surface area contributed by atoms with Gasteiger partial charge in [-0.05, 0) is 40.6 Å². The van der Waals surface area contributed by atoms with E-state index in [2.05, 4.69) is 39.7 Å². The monoisotopic (exact) mass is 234 g/mol. The van der Waals surface area contributed by atoms with Gasteiger partial charge in [-0.1, -0.05) is 6.92 Å². The van der Waals surface area contributed by atoms with Crippen molar-refractivity contribution >= 4 is 22.6 Å². The molecule has 0 spiro atoms. The second-order valence-corrected chi connectivity index (χ2v) is 2.85. The number of aromatic nitrogens is 2. The Morgan fingerprint density at radius 2 is 2.44 bits per heavy atom. The third kappa shape index (κ3) is 1.89. The third-order valence-electron chi connectivity index (χ3n) is 1.09. The molecule has 0 atom stereocenters. The predicted octanol–water partition coefficient (Wildman–Crippen LogP) is 1.64. The molecule has 9 heavy (non-hydrogen) atoms. The van der Waals surface area contributed by atoms with Crippen LogP contribution in [-0.4, -0.2) is 10.2 Å². The van der Waals surface area contributed by atoms with Crippen LogP contribution in [0, 0.1) is 3.70 Å². The van der Waals surface area contributed by atoms with Crippen molar-refractivity contribution < 1.29 is 0 Å². The average molecular weight is 234 g/mol. The molecule has 0 N–H and O–H groups in total. The van der Waals surface area contributed by atoms with Crippen molar-refractivity contribution in [3.63, 3.8) is 0 Å². The molecule has 0 saturated carbocycles. The van der Waals surface area contributed by atoms with Crippen LogP contribution < -0.4 is 0 Å². The summed E-state index contributed by atoms with van der Waals surface area (Å²) in [4.78, 5) is 0. The van der Waals surface area contributed by atoms with Gasteiger partial charge in [0, 0.05) is 0 Å². The van der Waals surface area contributed by atoms with Crippen molar-refractivity contribution in [1.82, 2.24) is 10.2 Å². The summed E-state index contributed by atoms with van der Waals surface area (Å²) in [6, 6.07) is 2.04. The van der Waals surface area contributed by atoms with E-state index in [0.29, 0.717) is 0 Å². The lowest BCUT2D eigenvalue weighted by Gasteiger charge is -1.91. The summed E-state index contributed by atoms with van der Waals surface area (Å²) in [7, 11) is 0. The molecule has 0 saturated heterocycles. The molecule has 1 rings (SSSR count). The molecule has 0 aliphatic heterocycles. The summed E-state index contributed by atoms with van der Waals surface area (Å²) >= 11 is 2.16. The standard InChI is InChI=1S/C6H7IN2/c1-2-5-3-6(7)9-8-4-5/h3-4H,2H2,1H3. The Balaban J connectivity index is 2.94. The van der Waals surface area contributed by atoms with Crippen molar-refractivity contribution in [2.75, 3.05) is 0 Å². The Kier molecular flexibility index (Phi) is 2.38. The maximum absolute atomic E-state index is 3.82. The summed E-state index contributed by atoms with van der Waals surface area (Å²) < 4.78 is 0.965. The smallest absolute Gasteiger partial charge is 0.124 e. The van der Waals surface area contributed by atoms with Gasteiger partial charge in [-0.15, -0.1) is 5.10 Å². The summed E-state index contributed by atoms with van der Waals surface area (Å²) in [5.41, 5.74) is 1.24. The van der Waals surface area contributed by atoms with Crippen LogP contribution >= 0.6 is 22.6 Å². The topological polar surface area (TPSA) is 25.8 Å². The zero-order chi connectivity index (χ0) is 6.69. The Labute approximate surface area is 67.8 Å². The van der Waals surface area contributed by atoms with Crippen molar-refractivity contribution in [1.29, 1.82) is 0 Å². The molecule has 3 heteroatoms. The third-order valence-corrected chi connectivity index (χ3v) is 1.62. The van der Waals surface area contributed by atoms with Crippen LogP contribution in [-0.2, 0) is 6.42 Å². The molecular weight excluding hydrogens is 227 g/mol. The molecule has 0 radical (unpaired) electrons. The lowest BCUT2D eigenvalue weighted by atomic mass is 10.2. The van der Waals surface area contributed by atoms with Crippen molar-refractivity contribution in [3.05, 3.63) is 21.5 Å². The van der Waals surface area contributed by atoms with E-state index in [1.165, 1.54) is 5.56 Å². The molecule has 0 aromatic carbocycles. The normalized spacial score (nSPS) is 9.56. The van der Waals surface area contributed by atoms with Crippen LogP contribution in [0.2, 0.25) is 0 Å². The van der Waals surface area contributed by atoms with E-state index < -0.39 is 0 Å². The first-order chi connectivity index (χ1) is 4.33. The van der Waals surface area contributed by atoms with Crippen LogP contribution in [0.15, 0.2) is 12.3 Å².